The molecule has 4 heteroatoms. The number of ether oxygens (including phenoxy) is 3. The summed E-state index contributed by atoms with van der Waals surface area (Å²) in [5.74, 6) is 2.23. The molecular formula is C24H30O4. The Kier molecular flexibility index (Phi) is 7.27. The minimum atomic E-state index is -0.129. The van der Waals surface area contributed by atoms with Gasteiger partial charge in [0.15, 0.2) is 5.78 Å². The van der Waals surface area contributed by atoms with Crippen LogP contribution in [0.2, 0.25) is 0 Å². The van der Waals surface area contributed by atoms with Gasteiger partial charge in [0.1, 0.15) is 17.2 Å². The molecule has 0 unspecified atom stereocenters. The van der Waals surface area contributed by atoms with Gasteiger partial charge < -0.3 is 14.2 Å². The molecule has 2 aromatic rings. The molecule has 2 rings (SSSR count). The van der Waals surface area contributed by atoms with Crippen LogP contribution in [0.3, 0.4) is 0 Å². The highest BCUT2D eigenvalue weighted by molar-refractivity contribution is 6.06. The van der Waals surface area contributed by atoms with E-state index in [0.29, 0.717) is 18.8 Å². The molecule has 0 N–H and O–H groups in total. The van der Waals surface area contributed by atoms with Gasteiger partial charge in [-0.2, -0.15) is 0 Å². The highest BCUT2D eigenvalue weighted by atomic mass is 16.5. The Balaban J connectivity index is 2.38. The lowest BCUT2D eigenvalue weighted by Crippen LogP contribution is -2.16. The third kappa shape index (κ3) is 5.38. The standard InChI is InChI=1S/C24H30O4/c1-7-27-21-15-17(16-22(28-8-2)23(21)24(3,4)5)9-14-20(25)18-10-12-19(26-6)13-11-18/h9-16H,7-8H2,1-6H3/b14-9+. The van der Waals surface area contributed by atoms with Crippen molar-refractivity contribution in [2.45, 2.75) is 40.0 Å². The lowest BCUT2D eigenvalue weighted by atomic mass is 9.84. The van der Waals surface area contributed by atoms with Crippen LogP contribution >= 0.6 is 0 Å². The topological polar surface area (TPSA) is 44.8 Å². The summed E-state index contributed by atoms with van der Waals surface area (Å²) in [6.45, 7) is 11.5. The molecular weight excluding hydrogens is 352 g/mol. The minimum Gasteiger partial charge on any atom is -0.497 e. The molecule has 0 amide bonds. The van der Waals surface area contributed by atoms with Crippen molar-refractivity contribution >= 4 is 11.9 Å². The summed E-state index contributed by atoms with van der Waals surface area (Å²) >= 11 is 0. The van der Waals surface area contributed by atoms with Gasteiger partial charge in [-0.15, -0.1) is 0 Å². The van der Waals surface area contributed by atoms with E-state index in [4.69, 9.17) is 14.2 Å². The van der Waals surface area contributed by atoms with Crippen LogP contribution in [0.25, 0.3) is 6.08 Å². The SMILES string of the molecule is CCOc1cc(/C=C/C(=O)c2ccc(OC)cc2)cc(OCC)c1C(C)(C)C. The molecule has 0 aliphatic heterocycles. The van der Waals surface area contributed by atoms with Crippen molar-refractivity contribution in [3.05, 3.63) is 59.2 Å². The Morgan fingerprint density at radius 3 is 1.93 bits per heavy atom. The van der Waals surface area contributed by atoms with E-state index >= 15 is 0 Å². The summed E-state index contributed by atoms with van der Waals surface area (Å²) < 4.78 is 16.9. The zero-order chi connectivity index (χ0) is 20.7. The lowest BCUT2D eigenvalue weighted by Gasteiger charge is -2.26. The molecule has 28 heavy (non-hydrogen) atoms. The van der Waals surface area contributed by atoms with Gasteiger partial charge in [0.05, 0.1) is 20.3 Å². The fraction of sp³-hybridized carbons (Fsp3) is 0.375. The summed E-state index contributed by atoms with van der Waals surface area (Å²) in [5, 5.41) is 0. The molecule has 0 radical (unpaired) electrons. The van der Waals surface area contributed by atoms with Gasteiger partial charge in [-0.25, -0.2) is 0 Å². The van der Waals surface area contributed by atoms with Crippen LogP contribution < -0.4 is 14.2 Å². The first-order valence-corrected chi connectivity index (χ1v) is 9.60. The summed E-state index contributed by atoms with van der Waals surface area (Å²) in [7, 11) is 1.60. The summed E-state index contributed by atoms with van der Waals surface area (Å²) in [6, 6.07) is 11.0. The largest absolute Gasteiger partial charge is 0.497 e. The highest BCUT2D eigenvalue weighted by Crippen LogP contribution is 2.40. The number of allylic oxidation sites excluding steroid dienone is 1. The molecule has 0 atom stereocenters. The summed E-state index contributed by atoms with van der Waals surface area (Å²) in [4.78, 5) is 12.5. The van der Waals surface area contributed by atoms with Crippen molar-refractivity contribution in [2.75, 3.05) is 20.3 Å². The molecule has 0 bridgehead atoms. The Morgan fingerprint density at radius 2 is 1.50 bits per heavy atom. The average Bonchev–Trinajstić information content (AvgIpc) is 2.65. The van der Waals surface area contributed by atoms with Gasteiger partial charge in [-0.05, 0) is 67.3 Å². The highest BCUT2D eigenvalue weighted by Gasteiger charge is 2.25. The average molecular weight is 383 g/mol. The minimum absolute atomic E-state index is 0.0709. The number of hydrogen-bond acceptors (Lipinski definition) is 4. The van der Waals surface area contributed by atoms with Crippen LogP contribution in [0, 0.1) is 0 Å². The quantitative estimate of drug-likeness (QED) is 0.435. The molecule has 0 saturated heterocycles. The van der Waals surface area contributed by atoms with Crippen molar-refractivity contribution < 1.29 is 19.0 Å². The number of ketones is 1. The van der Waals surface area contributed by atoms with Crippen molar-refractivity contribution in [3.8, 4) is 17.2 Å². The van der Waals surface area contributed by atoms with Crippen LogP contribution in [0.1, 0.15) is 56.1 Å². The van der Waals surface area contributed by atoms with E-state index in [2.05, 4.69) is 20.8 Å². The van der Waals surface area contributed by atoms with Gasteiger partial charge >= 0.3 is 0 Å². The normalized spacial score (nSPS) is 11.5. The number of carbonyl (C=O) groups is 1. The molecule has 150 valence electrons. The van der Waals surface area contributed by atoms with E-state index in [0.717, 1.165) is 28.4 Å². The van der Waals surface area contributed by atoms with Crippen molar-refractivity contribution in [2.24, 2.45) is 0 Å². The van der Waals surface area contributed by atoms with E-state index in [9.17, 15) is 4.79 Å². The molecule has 0 spiro atoms. The Labute approximate surface area is 168 Å². The number of rotatable bonds is 8. The maximum Gasteiger partial charge on any atom is 0.185 e. The number of benzene rings is 2. The zero-order valence-corrected chi connectivity index (χ0v) is 17.7. The predicted molar refractivity (Wildman–Crippen MR) is 114 cm³/mol. The number of methoxy groups -OCH3 is 1. The second-order valence-electron chi connectivity index (χ2n) is 7.43. The van der Waals surface area contributed by atoms with Gasteiger partial charge in [-0.3, -0.25) is 4.79 Å². The number of carbonyl (C=O) groups excluding carboxylic acids is 1. The van der Waals surface area contributed by atoms with Gasteiger partial charge in [-0.1, -0.05) is 26.8 Å². The third-order valence-electron chi connectivity index (χ3n) is 4.24. The van der Waals surface area contributed by atoms with Gasteiger partial charge in [0, 0.05) is 11.1 Å². The van der Waals surface area contributed by atoms with Gasteiger partial charge in [0.2, 0.25) is 0 Å². The van der Waals surface area contributed by atoms with Crippen molar-refractivity contribution in [1.82, 2.24) is 0 Å². The van der Waals surface area contributed by atoms with Crippen LogP contribution in [0.4, 0.5) is 0 Å². The van der Waals surface area contributed by atoms with E-state index < -0.39 is 0 Å². The van der Waals surface area contributed by atoms with Crippen LogP contribution in [0.5, 0.6) is 17.2 Å². The maximum absolute atomic E-state index is 12.5. The zero-order valence-electron chi connectivity index (χ0n) is 17.7. The fourth-order valence-corrected chi connectivity index (χ4v) is 3.01. The predicted octanol–water partition coefficient (Wildman–Crippen LogP) is 5.69. The van der Waals surface area contributed by atoms with E-state index in [1.807, 2.05) is 26.0 Å². The fourth-order valence-electron chi connectivity index (χ4n) is 3.01. The molecule has 0 heterocycles. The Hall–Kier alpha value is -2.75. The monoisotopic (exact) mass is 382 g/mol. The molecule has 0 fully saturated rings. The number of hydrogen-bond donors (Lipinski definition) is 0. The molecule has 4 nitrogen and oxygen atoms in total. The smallest absolute Gasteiger partial charge is 0.185 e. The van der Waals surface area contributed by atoms with Crippen LogP contribution in [-0.4, -0.2) is 26.1 Å². The third-order valence-corrected chi connectivity index (χ3v) is 4.24. The molecule has 0 saturated carbocycles. The van der Waals surface area contributed by atoms with E-state index in [-0.39, 0.29) is 11.2 Å². The molecule has 0 aliphatic carbocycles. The summed E-state index contributed by atoms with van der Waals surface area (Å²) in [6.07, 6.45) is 3.36. The van der Waals surface area contributed by atoms with E-state index in [1.165, 1.54) is 0 Å². The van der Waals surface area contributed by atoms with E-state index in [1.54, 1.807) is 43.5 Å². The molecule has 0 aromatic heterocycles. The van der Waals surface area contributed by atoms with Crippen LogP contribution in [0.15, 0.2) is 42.5 Å². The second-order valence-corrected chi connectivity index (χ2v) is 7.43. The molecule has 2 aromatic carbocycles. The second kappa shape index (κ2) is 9.45. The van der Waals surface area contributed by atoms with Crippen molar-refractivity contribution in [3.63, 3.8) is 0 Å². The van der Waals surface area contributed by atoms with Crippen LogP contribution in [-0.2, 0) is 5.41 Å². The lowest BCUT2D eigenvalue weighted by molar-refractivity contribution is 0.104. The Morgan fingerprint density at radius 1 is 0.964 bits per heavy atom. The first kappa shape index (κ1) is 21.5. The maximum atomic E-state index is 12.5. The molecule has 0 aliphatic rings. The summed E-state index contributed by atoms with van der Waals surface area (Å²) in [5.41, 5.74) is 2.38. The first-order valence-electron chi connectivity index (χ1n) is 9.60. The van der Waals surface area contributed by atoms with Gasteiger partial charge in [0.25, 0.3) is 0 Å². The Bertz CT molecular complexity index is 800. The first-order chi connectivity index (χ1) is 13.3. The van der Waals surface area contributed by atoms with Crippen molar-refractivity contribution in [1.29, 1.82) is 0 Å².